The second kappa shape index (κ2) is 10.6. The third-order valence-corrected chi connectivity index (χ3v) is 8.80. The number of nitrogens with one attached hydrogen (secondary N) is 1. The van der Waals surface area contributed by atoms with Gasteiger partial charge in [0.15, 0.2) is 0 Å². The van der Waals surface area contributed by atoms with Gasteiger partial charge in [0.05, 0.1) is 28.5 Å². The number of para-hydroxylation sites is 1. The third-order valence-electron chi connectivity index (χ3n) is 6.84. The van der Waals surface area contributed by atoms with Crippen LogP contribution in [0.25, 0.3) is 5.69 Å². The molecule has 2 atom stereocenters. The second-order valence-corrected chi connectivity index (χ2v) is 12.6. The van der Waals surface area contributed by atoms with E-state index in [4.69, 9.17) is 9.84 Å². The van der Waals surface area contributed by atoms with Gasteiger partial charge in [0, 0.05) is 24.1 Å². The molecule has 3 aromatic rings. The number of carbonyl (C=O) groups excluding carboxylic acids is 2. The molecule has 2 aromatic heterocycles. The van der Waals surface area contributed by atoms with Gasteiger partial charge in [-0.2, -0.15) is 16.4 Å². The molecular formula is C28H34N4O3S2. The van der Waals surface area contributed by atoms with Crippen LogP contribution in [-0.2, 0) is 19.7 Å². The lowest BCUT2D eigenvalue weighted by Gasteiger charge is -2.24. The average molecular weight is 539 g/mol. The minimum absolute atomic E-state index is 0.0443. The predicted molar refractivity (Wildman–Crippen MR) is 150 cm³/mol. The van der Waals surface area contributed by atoms with E-state index in [0.29, 0.717) is 12.4 Å². The highest BCUT2D eigenvalue weighted by molar-refractivity contribution is 8.00. The number of anilines is 1. The van der Waals surface area contributed by atoms with Gasteiger partial charge in [-0.3, -0.25) is 14.5 Å². The number of hydrogen-bond donors (Lipinski definition) is 1. The van der Waals surface area contributed by atoms with Crippen molar-refractivity contribution in [2.75, 3.05) is 30.3 Å². The summed E-state index contributed by atoms with van der Waals surface area (Å²) in [5, 5.41) is 12.3. The molecule has 0 aliphatic carbocycles. The largest absolute Gasteiger partial charge is 0.376 e. The van der Waals surface area contributed by atoms with E-state index in [1.54, 1.807) is 28.0 Å². The Hall–Kier alpha value is -2.62. The molecule has 0 radical (unpaired) electrons. The van der Waals surface area contributed by atoms with Gasteiger partial charge in [-0.1, -0.05) is 39.0 Å². The van der Waals surface area contributed by atoms with Crippen molar-refractivity contribution in [3.63, 3.8) is 0 Å². The molecule has 5 rings (SSSR count). The Morgan fingerprint density at radius 1 is 1.24 bits per heavy atom. The van der Waals surface area contributed by atoms with E-state index in [0.717, 1.165) is 47.5 Å². The molecule has 1 saturated heterocycles. The normalized spacial score (nSPS) is 20.1. The Kier molecular flexibility index (Phi) is 7.47. The van der Waals surface area contributed by atoms with Crippen LogP contribution < -0.4 is 10.2 Å². The number of carbonyl (C=O) groups is 2. The van der Waals surface area contributed by atoms with Crippen molar-refractivity contribution in [2.24, 2.45) is 0 Å². The molecular weight excluding hydrogens is 504 g/mol. The number of nitrogens with zero attached hydrogens (tertiary/aromatic N) is 3. The molecule has 196 valence electrons. The maximum atomic E-state index is 13.7. The Morgan fingerprint density at radius 2 is 2.05 bits per heavy atom. The van der Waals surface area contributed by atoms with Crippen LogP contribution in [0, 0.1) is 6.92 Å². The molecule has 0 spiro atoms. The number of aryl methyl sites for hydroxylation is 1. The first-order valence-electron chi connectivity index (χ1n) is 12.8. The standard InChI is InChI=1S/C28H34N4O3S2/c1-18-8-5-6-10-21(18)32-27-24(26(30-32)28(2,3)4)25(19-11-13-36-16-19)37-17-23(34)31(27)15-22(33)29-14-20-9-7-12-35-20/h5-6,8,10-11,13,16,20,25H,7,9,12,14-15,17H2,1-4H3,(H,29,33)/t20-,25-/m0/s1. The molecule has 2 amide bonds. The molecule has 7 nitrogen and oxygen atoms in total. The van der Waals surface area contributed by atoms with Gasteiger partial charge in [-0.05, 0) is 53.8 Å². The molecule has 2 aliphatic heterocycles. The van der Waals surface area contributed by atoms with E-state index < -0.39 is 0 Å². The molecule has 1 aromatic carbocycles. The van der Waals surface area contributed by atoms with Gasteiger partial charge in [0.1, 0.15) is 12.4 Å². The van der Waals surface area contributed by atoms with Crippen molar-refractivity contribution >= 4 is 40.7 Å². The zero-order chi connectivity index (χ0) is 26.2. The molecule has 4 heterocycles. The third kappa shape index (κ3) is 5.35. The van der Waals surface area contributed by atoms with Crippen LogP contribution in [0.1, 0.15) is 61.2 Å². The molecule has 9 heteroatoms. The number of hydrogen-bond acceptors (Lipinski definition) is 6. The van der Waals surface area contributed by atoms with Crippen LogP contribution in [-0.4, -0.2) is 53.1 Å². The maximum absolute atomic E-state index is 13.7. The fraction of sp³-hybridized carbons (Fsp3) is 0.464. The summed E-state index contributed by atoms with van der Waals surface area (Å²) in [7, 11) is 0. The minimum atomic E-state index is -0.270. The fourth-order valence-corrected chi connectivity index (χ4v) is 6.92. The Labute approximate surface area is 226 Å². The van der Waals surface area contributed by atoms with Crippen LogP contribution >= 0.6 is 23.1 Å². The number of thiophene rings is 1. The van der Waals surface area contributed by atoms with Gasteiger partial charge >= 0.3 is 0 Å². The quantitative estimate of drug-likeness (QED) is 0.478. The minimum Gasteiger partial charge on any atom is -0.376 e. The number of thioether (sulfide) groups is 1. The first kappa shape index (κ1) is 26.0. The SMILES string of the molecule is Cc1ccccc1-n1nc(C(C)(C)C)c2c1N(CC(=O)NC[C@@H]1CCCO1)C(=O)CS[C@H]2c1ccsc1. The second-order valence-electron chi connectivity index (χ2n) is 10.7. The first-order valence-corrected chi connectivity index (χ1v) is 14.7. The summed E-state index contributed by atoms with van der Waals surface area (Å²) in [6.07, 6.45) is 2.00. The molecule has 1 N–H and O–H groups in total. The number of benzene rings is 1. The van der Waals surface area contributed by atoms with Crippen LogP contribution in [0.2, 0.25) is 0 Å². The summed E-state index contributed by atoms with van der Waals surface area (Å²) in [4.78, 5) is 28.5. The number of aromatic nitrogens is 2. The Morgan fingerprint density at radius 3 is 2.73 bits per heavy atom. The van der Waals surface area contributed by atoms with E-state index in [1.165, 1.54) is 0 Å². The van der Waals surface area contributed by atoms with E-state index in [2.05, 4.69) is 42.9 Å². The Bertz CT molecular complexity index is 1270. The fourth-order valence-electron chi connectivity index (χ4n) is 4.96. The zero-order valence-corrected chi connectivity index (χ0v) is 23.5. The summed E-state index contributed by atoms with van der Waals surface area (Å²) in [6, 6.07) is 10.2. The van der Waals surface area contributed by atoms with Gasteiger partial charge in [-0.25, -0.2) is 4.68 Å². The van der Waals surface area contributed by atoms with Crippen LogP contribution in [0.5, 0.6) is 0 Å². The summed E-state index contributed by atoms with van der Waals surface area (Å²) in [5.74, 6) is 0.693. The topological polar surface area (TPSA) is 76.5 Å². The number of rotatable bonds is 6. The van der Waals surface area contributed by atoms with Crippen LogP contribution in [0.3, 0.4) is 0 Å². The monoisotopic (exact) mass is 538 g/mol. The van der Waals surface area contributed by atoms with Crippen molar-refractivity contribution in [3.05, 3.63) is 63.5 Å². The van der Waals surface area contributed by atoms with Gasteiger partial charge in [0.2, 0.25) is 11.8 Å². The molecule has 37 heavy (non-hydrogen) atoms. The molecule has 2 aliphatic rings. The zero-order valence-electron chi connectivity index (χ0n) is 21.8. The van der Waals surface area contributed by atoms with E-state index in [9.17, 15) is 9.59 Å². The van der Waals surface area contributed by atoms with Crippen molar-refractivity contribution in [1.29, 1.82) is 0 Å². The van der Waals surface area contributed by atoms with E-state index in [-0.39, 0.29) is 40.9 Å². The Balaban J connectivity index is 1.64. The predicted octanol–water partition coefficient (Wildman–Crippen LogP) is 5.00. The summed E-state index contributed by atoms with van der Waals surface area (Å²) in [6.45, 7) is 9.64. The summed E-state index contributed by atoms with van der Waals surface area (Å²) < 4.78 is 7.56. The van der Waals surface area contributed by atoms with Crippen LogP contribution in [0.4, 0.5) is 5.82 Å². The lowest BCUT2D eigenvalue weighted by Crippen LogP contribution is -2.44. The highest BCUT2D eigenvalue weighted by Gasteiger charge is 2.40. The molecule has 0 saturated carbocycles. The smallest absolute Gasteiger partial charge is 0.240 e. The van der Waals surface area contributed by atoms with Crippen molar-refractivity contribution in [3.8, 4) is 5.69 Å². The lowest BCUT2D eigenvalue weighted by molar-refractivity contribution is -0.123. The highest BCUT2D eigenvalue weighted by atomic mass is 32.2. The number of fused-ring (bicyclic) bond motifs is 1. The first-order chi connectivity index (χ1) is 17.7. The van der Waals surface area contributed by atoms with Crippen molar-refractivity contribution in [2.45, 2.75) is 57.3 Å². The van der Waals surface area contributed by atoms with Gasteiger partial charge in [-0.15, -0.1) is 11.8 Å². The number of ether oxygens (including phenoxy) is 1. The number of amides is 2. The lowest BCUT2D eigenvalue weighted by atomic mass is 9.87. The molecule has 0 unspecified atom stereocenters. The molecule has 0 bridgehead atoms. The summed E-state index contributed by atoms with van der Waals surface area (Å²) >= 11 is 3.26. The maximum Gasteiger partial charge on any atom is 0.240 e. The van der Waals surface area contributed by atoms with Crippen molar-refractivity contribution in [1.82, 2.24) is 15.1 Å². The van der Waals surface area contributed by atoms with Crippen LogP contribution in [0.15, 0.2) is 41.1 Å². The van der Waals surface area contributed by atoms with Crippen molar-refractivity contribution < 1.29 is 14.3 Å². The van der Waals surface area contributed by atoms with E-state index in [1.807, 2.05) is 35.9 Å². The highest BCUT2D eigenvalue weighted by Crippen LogP contribution is 2.48. The average Bonchev–Trinajstić information content (AvgIpc) is 3.62. The van der Waals surface area contributed by atoms with E-state index >= 15 is 0 Å². The van der Waals surface area contributed by atoms with Gasteiger partial charge < -0.3 is 10.1 Å². The van der Waals surface area contributed by atoms with Gasteiger partial charge in [0.25, 0.3) is 0 Å². The summed E-state index contributed by atoms with van der Waals surface area (Å²) in [5.41, 5.74) is 4.79. The molecule has 1 fully saturated rings.